The summed E-state index contributed by atoms with van der Waals surface area (Å²) in [5, 5.41) is 0.406. The third-order valence-electron chi connectivity index (χ3n) is 1.97. The molecule has 0 aliphatic heterocycles. The fourth-order valence-electron chi connectivity index (χ4n) is 1.22. The molecule has 1 aromatic heterocycles. The summed E-state index contributed by atoms with van der Waals surface area (Å²) in [4.78, 5) is 4.23. The molecule has 2 aromatic rings. The first-order valence-corrected chi connectivity index (χ1v) is 5.02. The number of furan rings is 1. The summed E-state index contributed by atoms with van der Waals surface area (Å²) in [6.45, 7) is 0.570. The minimum absolute atomic E-state index is 0.406. The molecule has 0 atom stereocenters. The number of nitrogens with zero attached hydrogens (tertiary/aromatic N) is 1. The predicted octanol–water partition coefficient (Wildman–Crippen LogP) is 3.47. The van der Waals surface area contributed by atoms with Gasteiger partial charge < -0.3 is 4.42 Å². The maximum absolute atomic E-state index is 5.95. The van der Waals surface area contributed by atoms with Crippen LogP contribution in [0, 0.1) is 0 Å². The Morgan fingerprint density at radius 2 is 1.93 bits per heavy atom. The molecule has 0 saturated heterocycles. The van der Waals surface area contributed by atoms with Gasteiger partial charge >= 0.3 is 0 Å². The number of rotatable bonds is 3. The molecule has 0 unspecified atom stereocenters. The highest BCUT2D eigenvalue weighted by atomic mass is 35.5. The van der Waals surface area contributed by atoms with Crippen molar-refractivity contribution >= 4 is 16.8 Å². The fraction of sp³-hybridized carbons (Fsp3) is 0.0833. The first kappa shape index (κ1) is 9.99. The molecule has 0 spiro atoms. The van der Waals surface area contributed by atoms with Gasteiger partial charge in [0.25, 0.3) is 0 Å². The first-order chi connectivity index (χ1) is 7.36. The fourth-order valence-corrected chi connectivity index (χ4v) is 1.39. The van der Waals surface area contributed by atoms with E-state index >= 15 is 0 Å². The number of hydrogen-bond acceptors (Lipinski definition) is 2. The number of aliphatic imine (C=N–C) groups is 1. The molecule has 0 amide bonds. The largest absolute Gasteiger partial charge is 0.462 e. The Labute approximate surface area is 93.2 Å². The van der Waals surface area contributed by atoms with E-state index in [0.717, 1.165) is 5.56 Å². The van der Waals surface area contributed by atoms with Crippen LogP contribution in [0.3, 0.4) is 0 Å². The minimum atomic E-state index is 0.406. The second kappa shape index (κ2) is 4.80. The topological polar surface area (TPSA) is 25.5 Å². The molecule has 1 heterocycles. The van der Waals surface area contributed by atoms with Gasteiger partial charge in [-0.15, -0.1) is 0 Å². The van der Waals surface area contributed by atoms with Crippen molar-refractivity contribution in [3.8, 4) is 0 Å². The van der Waals surface area contributed by atoms with E-state index in [0.29, 0.717) is 17.5 Å². The molecule has 3 heteroatoms. The van der Waals surface area contributed by atoms with Crippen molar-refractivity contribution in [3.05, 3.63) is 60.1 Å². The number of halogens is 1. The van der Waals surface area contributed by atoms with Crippen LogP contribution in [0.5, 0.6) is 0 Å². The molecule has 0 N–H and O–H groups in total. The highest BCUT2D eigenvalue weighted by molar-refractivity contribution is 6.69. The average molecular weight is 220 g/mol. The summed E-state index contributed by atoms with van der Waals surface area (Å²) in [7, 11) is 0. The van der Waals surface area contributed by atoms with Crippen LogP contribution >= 0.6 is 11.6 Å². The molecular formula is C12H10ClNO. The maximum Gasteiger partial charge on any atom is 0.167 e. The lowest BCUT2D eigenvalue weighted by atomic mass is 10.2. The van der Waals surface area contributed by atoms with E-state index in [-0.39, 0.29) is 0 Å². The molecule has 1 aromatic carbocycles. The summed E-state index contributed by atoms with van der Waals surface area (Å²) < 4.78 is 5.12. The van der Waals surface area contributed by atoms with Gasteiger partial charge in [0.2, 0.25) is 0 Å². The highest BCUT2D eigenvalue weighted by Crippen LogP contribution is 2.08. The molecule has 0 saturated carbocycles. The molecule has 76 valence electrons. The van der Waals surface area contributed by atoms with E-state index in [1.807, 2.05) is 30.3 Å². The first-order valence-electron chi connectivity index (χ1n) is 4.64. The van der Waals surface area contributed by atoms with Crippen LogP contribution in [-0.4, -0.2) is 5.17 Å². The lowest BCUT2D eigenvalue weighted by Crippen LogP contribution is -1.90. The molecule has 15 heavy (non-hydrogen) atoms. The normalized spacial score (nSPS) is 11.7. The zero-order valence-electron chi connectivity index (χ0n) is 8.06. The summed E-state index contributed by atoms with van der Waals surface area (Å²) in [6.07, 6.45) is 1.58. The van der Waals surface area contributed by atoms with E-state index in [9.17, 15) is 0 Å². The Morgan fingerprint density at radius 3 is 2.60 bits per heavy atom. The Hall–Kier alpha value is -1.54. The monoisotopic (exact) mass is 219 g/mol. The lowest BCUT2D eigenvalue weighted by Gasteiger charge is -1.96. The van der Waals surface area contributed by atoms with Gasteiger partial charge in [0.1, 0.15) is 0 Å². The Balaban J connectivity index is 2.06. The molecule has 0 aliphatic rings. The quantitative estimate of drug-likeness (QED) is 0.726. The van der Waals surface area contributed by atoms with Crippen molar-refractivity contribution < 1.29 is 4.42 Å². The number of hydrogen-bond donors (Lipinski definition) is 0. The van der Waals surface area contributed by atoms with Crippen LogP contribution in [-0.2, 0) is 6.54 Å². The SMILES string of the molecule is Cl/C(=N\Cc1ccccc1)c1ccco1. The summed E-state index contributed by atoms with van der Waals surface area (Å²) in [5.74, 6) is 0.604. The third kappa shape index (κ3) is 2.70. The zero-order chi connectivity index (χ0) is 10.5. The van der Waals surface area contributed by atoms with Gasteiger partial charge in [0, 0.05) is 0 Å². The van der Waals surface area contributed by atoms with Crippen molar-refractivity contribution in [2.24, 2.45) is 4.99 Å². The second-order valence-electron chi connectivity index (χ2n) is 3.07. The van der Waals surface area contributed by atoms with Gasteiger partial charge in [0.05, 0.1) is 12.8 Å². The lowest BCUT2D eigenvalue weighted by molar-refractivity contribution is 0.559. The molecule has 0 fully saturated rings. The average Bonchev–Trinajstić information content (AvgIpc) is 2.81. The van der Waals surface area contributed by atoms with Crippen molar-refractivity contribution in [2.45, 2.75) is 6.54 Å². The Morgan fingerprint density at radius 1 is 1.13 bits per heavy atom. The Kier molecular flexibility index (Phi) is 3.20. The second-order valence-corrected chi connectivity index (χ2v) is 3.43. The van der Waals surface area contributed by atoms with E-state index in [2.05, 4.69) is 4.99 Å². The molecular weight excluding hydrogens is 210 g/mol. The summed E-state index contributed by atoms with van der Waals surface area (Å²) >= 11 is 5.95. The van der Waals surface area contributed by atoms with Gasteiger partial charge in [-0.25, -0.2) is 0 Å². The van der Waals surface area contributed by atoms with Crippen LogP contribution in [0.2, 0.25) is 0 Å². The van der Waals surface area contributed by atoms with Gasteiger partial charge in [-0.2, -0.15) is 0 Å². The van der Waals surface area contributed by atoms with Crippen molar-refractivity contribution in [1.82, 2.24) is 0 Å². The summed E-state index contributed by atoms with van der Waals surface area (Å²) in [6, 6.07) is 13.5. The Bertz CT molecular complexity index is 434. The number of benzene rings is 1. The van der Waals surface area contributed by atoms with Crippen molar-refractivity contribution in [3.63, 3.8) is 0 Å². The van der Waals surface area contributed by atoms with E-state index in [1.54, 1.807) is 18.4 Å². The smallest absolute Gasteiger partial charge is 0.167 e. The van der Waals surface area contributed by atoms with E-state index in [1.165, 1.54) is 0 Å². The molecule has 0 radical (unpaired) electrons. The summed E-state index contributed by atoms with van der Waals surface area (Å²) in [5.41, 5.74) is 1.13. The molecule has 0 aliphatic carbocycles. The highest BCUT2D eigenvalue weighted by Gasteiger charge is 2.01. The van der Waals surface area contributed by atoms with E-state index < -0.39 is 0 Å². The van der Waals surface area contributed by atoms with Gasteiger partial charge in [-0.05, 0) is 17.7 Å². The standard InChI is InChI=1S/C12H10ClNO/c13-12(11-7-4-8-15-11)14-9-10-5-2-1-3-6-10/h1-8H,9H2/b14-12-. The van der Waals surface area contributed by atoms with Gasteiger partial charge in [-0.3, -0.25) is 4.99 Å². The van der Waals surface area contributed by atoms with E-state index in [4.69, 9.17) is 16.0 Å². The van der Waals surface area contributed by atoms with Crippen LogP contribution in [0.25, 0.3) is 0 Å². The maximum atomic E-state index is 5.95. The van der Waals surface area contributed by atoms with Crippen LogP contribution in [0.1, 0.15) is 11.3 Å². The molecule has 0 bridgehead atoms. The zero-order valence-corrected chi connectivity index (χ0v) is 8.82. The minimum Gasteiger partial charge on any atom is -0.462 e. The van der Waals surface area contributed by atoms with Crippen molar-refractivity contribution in [2.75, 3.05) is 0 Å². The molecule has 2 rings (SSSR count). The van der Waals surface area contributed by atoms with Crippen LogP contribution < -0.4 is 0 Å². The van der Waals surface area contributed by atoms with Crippen LogP contribution in [0.4, 0.5) is 0 Å². The molecule has 2 nitrogen and oxygen atoms in total. The van der Waals surface area contributed by atoms with Crippen LogP contribution in [0.15, 0.2) is 58.1 Å². The van der Waals surface area contributed by atoms with Gasteiger partial charge in [0.15, 0.2) is 10.9 Å². The predicted molar refractivity (Wildman–Crippen MR) is 61.2 cm³/mol. The van der Waals surface area contributed by atoms with Crippen molar-refractivity contribution in [1.29, 1.82) is 0 Å². The van der Waals surface area contributed by atoms with Gasteiger partial charge in [-0.1, -0.05) is 41.9 Å². The third-order valence-corrected chi connectivity index (χ3v) is 2.27.